The van der Waals surface area contributed by atoms with E-state index in [1.54, 1.807) is 12.1 Å². The molecule has 1 aliphatic rings. The van der Waals surface area contributed by atoms with E-state index in [-0.39, 0.29) is 27.3 Å². The summed E-state index contributed by atoms with van der Waals surface area (Å²) >= 11 is 6.24. The predicted octanol–water partition coefficient (Wildman–Crippen LogP) is 3.86. The Morgan fingerprint density at radius 3 is 2.62 bits per heavy atom. The van der Waals surface area contributed by atoms with Gasteiger partial charge in [-0.15, -0.1) is 0 Å². The van der Waals surface area contributed by atoms with Gasteiger partial charge in [0.15, 0.2) is 15.4 Å². The van der Waals surface area contributed by atoms with Crippen LogP contribution in [0.3, 0.4) is 0 Å². The van der Waals surface area contributed by atoms with E-state index >= 15 is 0 Å². The van der Waals surface area contributed by atoms with Crippen LogP contribution in [0.5, 0.6) is 0 Å². The summed E-state index contributed by atoms with van der Waals surface area (Å²) in [5.41, 5.74) is 0.361. The van der Waals surface area contributed by atoms with E-state index in [1.165, 1.54) is 0 Å². The van der Waals surface area contributed by atoms with Gasteiger partial charge in [0.1, 0.15) is 10.4 Å². The van der Waals surface area contributed by atoms with E-state index in [0.29, 0.717) is 30.7 Å². The zero-order valence-corrected chi connectivity index (χ0v) is 15.6. The van der Waals surface area contributed by atoms with Crippen LogP contribution < -0.4 is 0 Å². The van der Waals surface area contributed by atoms with Crippen molar-refractivity contribution in [2.24, 2.45) is 0 Å². The lowest BCUT2D eigenvalue weighted by atomic mass is 9.97. The van der Waals surface area contributed by atoms with Crippen molar-refractivity contribution >= 4 is 32.5 Å². The molecule has 0 bridgehead atoms. The highest BCUT2D eigenvalue weighted by molar-refractivity contribution is 7.92. The maximum Gasteiger partial charge on any atom is 0.200 e. The summed E-state index contributed by atoms with van der Waals surface area (Å²) in [6, 6.07) is 3.22. The molecule has 0 saturated heterocycles. The molecule has 1 aromatic heterocycles. The maximum atomic E-state index is 13.1. The molecule has 0 spiro atoms. The van der Waals surface area contributed by atoms with E-state index in [4.69, 9.17) is 16.0 Å². The molecule has 2 aromatic rings. The molecule has 5 nitrogen and oxygen atoms in total. The van der Waals surface area contributed by atoms with Crippen molar-refractivity contribution in [3.8, 4) is 0 Å². The summed E-state index contributed by atoms with van der Waals surface area (Å²) < 4.78 is 32.1. The summed E-state index contributed by atoms with van der Waals surface area (Å²) in [7, 11) is -3.71. The summed E-state index contributed by atoms with van der Waals surface area (Å²) in [6.07, 6.45) is 1.49. The van der Waals surface area contributed by atoms with Crippen molar-refractivity contribution in [3.05, 3.63) is 23.0 Å². The van der Waals surface area contributed by atoms with Crippen LogP contribution in [0.1, 0.15) is 52.3 Å². The standard InChI is InChI=1S/C17H22ClNO4S/c1-17(2,3)16-19-13-8-7-12(18)15(14(13)23-16)24(21,22)11-6-4-5-10(20)9-11/h7-8,10-11,20H,4-6,9H2,1-3H3/t10-,11-/m0/s1. The van der Waals surface area contributed by atoms with Gasteiger partial charge in [0, 0.05) is 5.41 Å². The summed E-state index contributed by atoms with van der Waals surface area (Å²) in [5.74, 6) is 0.472. The SMILES string of the molecule is CC(C)(C)c1nc2ccc(Cl)c(S(=O)(=O)[C@H]3CCC[C@H](O)C3)c2o1. The first-order chi connectivity index (χ1) is 11.1. The second kappa shape index (κ2) is 6.00. The fourth-order valence-corrected chi connectivity index (χ4v) is 5.60. The topological polar surface area (TPSA) is 80.4 Å². The zero-order chi connectivity index (χ0) is 17.7. The van der Waals surface area contributed by atoms with Crippen LogP contribution in [0.25, 0.3) is 11.1 Å². The summed E-state index contributed by atoms with van der Waals surface area (Å²) in [5, 5.41) is 9.34. The smallest absolute Gasteiger partial charge is 0.200 e. The number of aliphatic hydroxyl groups is 1. The number of oxazole rings is 1. The number of aromatic nitrogens is 1. The monoisotopic (exact) mass is 371 g/mol. The van der Waals surface area contributed by atoms with Crippen LogP contribution in [0.15, 0.2) is 21.4 Å². The van der Waals surface area contributed by atoms with Gasteiger partial charge in [-0.2, -0.15) is 0 Å². The molecule has 0 unspecified atom stereocenters. The molecule has 1 N–H and O–H groups in total. The minimum absolute atomic E-state index is 0.00349. The molecule has 0 aliphatic heterocycles. The highest BCUT2D eigenvalue weighted by Crippen LogP contribution is 2.38. The first kappa shape index (κ1) is 17.7. The van der Waals surface area contributed by atoms with E-state index in [1.807, 2.05) is 20.8 Å². The predicted molar refractivity (Wildman–Crippen MR) is 93.2 cm³/mol. The normalized spacial score (nSPS) is 22.9. The number of sulfone groups is 1. The number of aliphatic hydroxyl groups excluding tert-OH is 1. The maximum absolute atomic E-state index is 13.1. The van der Waals surface area contributed by atoms with Crippen LogP contribution >= 0.6 is 11.6 Å². The third kappa shape index (κ3) is 3.07. The van der Waals surface area contributed by atoms with Gasteiger partial charge in [0.05, 0.1) is 16.4 Å². The molecular weight excluding hydrogens is 350 g/mol. The number of benzene rings is 1. The van der Waals surface area contributed by atoms with Gasteiger partial charge in [-0.05, 0) is 37.8 Å². The molecule has 1 fully saturated rings. The van der Waals surface area contributed by atoms with Crippen LogP contribution in [0.4, 0.5) is 0 Å². The average Bonchev–Trinajstić information content (AvgIpc) is 2.90. The Bertz CT molecular complexity index is 867. The van der Waals surface area contributed by atoms with Gasteiger partial charge >= 0.3 is 0 Å². The molecule has 7 heteroatoms. The Hall–Kier alpha value is -1.11. The average molecular weight is 372 g/mol. The van der Waals surface area contributed by atoms with E-state index in [9.17, 15) is 13.5 Å². The first-order valence-corrected chi connectivity index (χ1v) is 10.0. The van der Waals surface area contributed by atoms with Gasteiger partial charge < -0.3 is 9.52 Å². The highest BCUT2D eigenvalue weighted by atomic mass is 35.5. The molecule has 2 atom stereocenters. The Labute approximate surface area is 146 Å². The van der Waals surface area contributed by atoms with Gasteiger partial charge in [0.25, 0.3) is 0 Å². The van der Waals surface area contributed by atoms with Crippen LogP contribution in [0, 0.1) is 0 Å². The Morgan fingerprint density at radius 1 is 1.29 bits per heavy atom. The molecule has 1 aromatic carbocycles. The van der Waals surface area contributed by atoms with E-state index in [0.717, 1.165) is 0 Å². The largest absolute Gasteiger partial charge is 0.439 e. The van der Waals surface area contributed by atoms with E-state index in [2.05, 4.69) is 4.98 Å². The van der Waals surface area contributed by atoms with Crippen molar-refractivity contribution in [1.29, 1.82) is 0 Å². The molecule has 1 aliphatic carbocycles. The van der Waals surface area contributed by atoms with Crippen molar-refractivity contribution in [3.63, 3.8) is 0 Å². The minimum Gasteiger partial charge on any atom is -0.439 e. The minimum atomic E-state index is -3.71. The van der Waals surface area contributed by atoms with Gasteiger partial charge in [-0.1, -0.05) is 32.4 Å². The molecule has 0 radical (unpaired) electrons. The van der Waals surface area contributed by atoms with Crippen molar-refractivity contribution in [2.75, 3.05) is 0 Å². The second-order valence-corrected chi connectivity index (χ2v) is 10.1. The molecular formula is C17H22ClNO4S. The second-order valence-electron chi connectivity index (χ2n) is 7.48. The third-order valence-corrected chi connectivity index (χ3v) is 7.13. The van der Waals surface area contributed by atoms with E-state index < -0.39 is 21.2 Å². The molecule has 3 rings (SSSR count). The van der Waals surface area contributed by atoms with Crippen molar-refractivity contribution in [1.82, 2.24) is 4.98 Å². The quantitative estimate of drug-likeness (QED) is 0.867. The number of fused-ring (bicyclic) bond motifs is 1. The lowest BCUT2D eigenvalue weighted by molar-refractivity contribution is 0.131. The molecule has 1 heterocycles. The molecule has 0 amide bonds. The number of halogens is 1. The Kier molecular flexibility index (Phi) is 4.43. The number of rotatable bonds is 2. The Morgan fingerprint density at radius 2 is 2.00 bits per heavy atom. The van der Waals surface area contributed by atoms with Gasteiger partial charge in [-0.25, -0.2) is 13.4 Å². The lowest BCUT2D eigenvalue weighted by Gasteiger charge is -2.25. The number of nitrogens with zero attached hydrogens (tertiary/aromatic N) is 1. The fraction of sp³-hybridized carbons (Fsp3) is 0.588. The van der Waals surface area contributed by atoms with Crippen LogP contribution in [0.2, 0.25) is 5.02 Å². The van der Waals surface area contributed by atoms with Crippen LogP contribution in [-0.2, 0) is 15.3 Å². The molecule has 24 heavy (non-hydrogen) atoms. The number of hydrogen-bond acceptors (Lipinski definition) is 5. The highest BCUT2D eigenvalue weighted by Gasteiger charge is 2.36. The molecule has 132 valence electrons. The molecule has 1 saturated carbocycles. The lowest BCUT2D eigenvalue weighted by Crippen LogP contribution is -2.31. The fourth-order valence-electron chi connectivity index (χ4n) is 3.10. The number of hydrogen-bond donors (Lipinski definition) is 1. The Balaban J connectivity index is 2.17. The third-order valence-electron chi connectivity index (χ3n) is 4.43. The van der Waals surface area contributed by atoms with Gasteiger partial charge in [0.2, 0.25) is 5.89 Å². The summed E-state index contributed by atoms with van der Waals surface area (Å²) in [4.78, 5) is 4.42. The first-order valence-electron chi connectivity index (χ1n) is 8.12. The van der Waals surface area contributed by atoms with Crippen molar-refractivity contribution < 1.29 is 17.9 Å². The van der Waals surface area contributed by atoms with Crippen LogP contribution in [-0.4, -0.2) is 29.9 Å². The van der Waals surface area contributed by atoms with Crippen molar-refractivity contribution in [2.45, 2.75) is 68.1 Å². The van der Waals surface area contributed by atoms with Gasteiger partial charge in [-0.3, -0.25) is 0 Å². The summed E-state index contributed by atoms with van der Waals surface area (Å²) in [6.45, 7) is 5.85. The zero-order valence-electron chi connectivity index (χ0n) is 14.0.